The fourth-order valence-corrected chi connectivity index (χ4v) is 2.81. The highest BCUT2D eigenvalue weighted by Gasteiger charge is 2.20. The molecule has 6 heteroatoms. The van der Waals surface area contributed by atoms with E-state index in [4.69, 9.17) is 16.0 Å². The third kappa shape index (κ3) is 2.42. The van der Waals surface area contributed by atoms with Crippen LogP contribution in [0.2, 0.25) is 5.02 Å². The predicted octanol–water partition coefficient (Wildman–Crippen LogP) is 2.54. The molecule has 2 aromatic rings. The minimum Gasteiger partial charge on any atom is -0.469 e. The Kier molecular flexibility index (Phi) is 3.73. The summed E-state index contributed by atoms with van der Waals surface area (Å²) < 4.78 is 21.9. The fourth-order valence-electron chi connectivity index (χ4n) is 1.73. The molecular weight excluding hydrogens is 276 g/mol. The number of carbonyl (C=O) groups excluding carboxylic acids is 1. The fraction of sp³-hybridized carbons (Fsp3) is 0.250. The van der Waals surface area contributed by atoms with Crippen LogP contribution >= 0.6 is 11.6 Å². The van der Waals surface area contributed by atoms with Crippen LogP contribution in [0.5, 0.6) is 0 Å². The smallest absolute Gasteiger partial charge is 0.313 e. The van der Waals surface area contributed by atoms with Gasteiger partial charge < -0.3 is 9.15 Å². The van der Waals surface area contributed by atoms with Gasteiger partial charge in [-0.1, -0.05) is 11.6 Å². The minimum absolute atomic E-state index is 0.0439. The highest BCUT2D eigenvalue weighted by molar-refractivity contribution is 7.84. The van der Waals surface area contributed by atoms with Crippen LogP contribution in [0.25, 0.3) is 11.0 Å². The van der Waals surface area contributed by atoms with E-state index >= 15 is 0 Å². The number of fused-ring (bicyclic) bond motifs is 1. The first kappa shape index (κ1) is 13.1. The Morgan fingerprint density at radius 2 is 2.22 bits per heavy atom. The topological polar surface area (TPSA) is 56.5 Å². The Balaban J connectivity index is 2.62. The number of ether oxygens (including phenoxy) is 1. The van der Waals surface area contributed by atoms with Crippen LogP contribution in [0.3, 0.4) is 0 Å². The van der Waals surface area contributed by atoms with Crippen molar-refractivity contribution in [1.29, 1.82) is 0 Å². The van der Waals surface area contributed by atoms with Crippen molar-refractivity contribution in [2.45, 2.75) is 11.3 Å². The standard InChI is InChI=1S/C12H11ClO4S/c1-16-11(14)6-10-12(18(2)15)8-5-7(13)3-4-9(8)17-10/h3-5H,6H2,1-2H3/t18-/m0/s1. The molecule has 0 saturated carbocycles. The van der Waals surface area contributed by atoms with Crippen LogP contribution in [0, 0.1) is 0 Å². The van der Waals surface area contributed by atoms with E-state index in [1.807, 2.05) is 0 Å². The van der Waals surface area contributed by atoms with Gasteiger partial charge in [-0.05, 0) is 18.2 Å². The van der Waals surface area contributed by atoms with Gasteiger partial charge in [0, 0.05) is 16.7 Å². The molecule has 2 rings (SSSR count). The molecule has 1 atom stereocenters. The van der Waals surface area contributed by atoms with E-state index in [-0.39, 0.29) is 6.42 Å². The molecule has 1 aromatic carbocycles. The van der Waals surface area contributed by atoms with Crippen molar-refractivity contribution in [3.8, 4) is 0 Å². The SMILES string of the molecule is COC(=O)Cc1oc2ccc(Cl)cc2c1[S@](C)=O. The van der Waals surface area contributed by atoms with E-state index in [2.05, 4.69) is 4.74 Å². The molecule has 0 bridgehead atoms. The summed E-state index contributed by atoms with van der Waals surface area (Å²) in [4.78, 5) is 11.8. The molecule has 0 spiro atoms. The number of hydrogen-bond acceptors (Lipinski definition) is 4. The number of hydrogen-bond donors (Lipinski definition) is 0. The van der Waals surface area contributed by atoms with E-state index in [1.165, 1.54) is 13.4 Å². The van der Waals surface area contributed by atoms with Crippen LogP contribution < -0.4 is 0 Å². The molecular formula is C12H11ClO4S. The third-order valence-electron chi connectivity index (χ3n) is 2.49. The molecule has 0 radical (unpaired) electrons. The molecule has 0 aliphatic carbocycles. The van der Waals surface area contributed by atoms with Gasteiger partial charge >= 0.3 is 5.97 Å². The minimum atomic E-state index is -1.27. The number of esters is 1. The lowest BCUT2D eigenvalue weighted by Gasteiger charge is -1.98. The Hall–Kier alpha value is -1.33. The molecule has 0 N–H and O–H groups in total. The molecule has 4 nitrogen and oxygen atoms in total. The van der Waals surface area contributed by atoms with Gasteiger partial charge in [-0.25, -0.2) is 0 Å². The maximum atomic E-state index is 11.8. The second kappa shape index (κ2) is 5.12. The van der Waals surface area contributed by atoms with Gasteiger partial charge in [0.2, 0.25) is 0 Å². The second-order valence-corrected chi connectivity index (χ2v) is 5.45. The molecule has 1 aromatic heterocycles. The molecule has 1 heterocycles. The Morgan fingerprint density at radius 1 is 1.50 bits per heavy atom. The van der Waals surface area contributed by atoms with Crippen LogP contribution in [-0.4, -0.2) is 23.5 Å². The lowest BCUT2D eigenvalue weighted by atomic mass is 10.2. The first-order chi connectivity index (χ1) is 8.52. The van der Waals surface area contributed by atoms with Crippen molar-refractivity contribution in [3.05, 3.63) is 29.0 Å². The summed E-state index contributed by atoms with van der Waals surface area (Å²) in [5.41, 5.74) is 0.559. The van der Waals surface area contributed by atoms with E-state index in [0.717, 1.165) is 0 Å². The molecule has 18 heavy (non-hydrogen) atoms. The van der Waals surface area contributed by atoms with Crippen molar-refractivity contribution >= 4 is 39.3 Å². The van der Waals surface area contributed by atoms with Crippen LogP contribution in [-0.2, 0) is 26.8 Å². The maximum absolute atomic E-state index is 11.8. The summed E-state index contributed by atoms with van der Waals surface area (Å²) in [6, 6.07) is 5.05. The Bertz CT molecular complexity index is 632. The largest absolute Gasteiger partial charge is 0.469 e. The Labute approximate surface area is 111 Å². The first-order valence-corrected chi connectivity index (χ1v) is 7.07. The molecule has 0 fully saturated rings. The van der Waals surface area contributed by atoms with Gasteiger partial charge in [-0.3, -0.25) is 9.00 Å². The third-order valence-corrected chi connectivity index (χ3v) is 3.75. The summed E-state index contributed by atoms with van der Waals surface area (Å²) in [6.07, 6.45) is 1.49. The van der Waals surface area contributed by atoms with Crippen molar-refractivity contribution < 1.29 is 18.2 Å². The van der Waals surface area contributed by atoms with Crippen LogP contribution in [0.4, 0.5) is 0 Å². The molecule has 0 amide bonds. The monoisotopic (exact) mass is 286 g/mol. The zero-order valence-electron chi connectivity index (χ0n) is 9.86. The lowest BCUT2D eigenvalue weighted by Crippen LogP contribution is -2.05. The van der Waals surface area contributed by atoms with Gasteiger partial charge in [0.1, 0.15) is 17.8 Å². The number of rotatable bonds is 3. The summed E-state index contributed by atoms with van der Waals surface area (Å²) in [5, 5.41) is 1.20. The normalized spacial score (nSPS) is 12.6. The number of benzene rings is 1. The van der Waals surface area contributed by atoms with Crippen molar-refractivity contribution in [3.63, 3.8) is 0 Å². The summed E-state index contributed by atoms with van der Waals surface area (Å²) >= 11 is 5.91. The molecule has 0 saturated heterocycles. The molecule has 0 unspecified atom stereocenters. The van der Waals surface area contributed by atoms with Gasteiger partial charge in [0.15, 0.2) is 0 Å². The van der Waals surface area contributed by atoms with E-state index in [9.17, 15) is 9.00 Å². The van der Waals surface area contributed by atoms with Crippen LogP contribution in [0.15, 0.2) is 27.5 Å². The summed E-state index contributed by atoms with van der Waals surface area (Å²) in [5.74, 6) is -0.0770. The van der Waals surface area contributed by atoms with Crippen molar-refractivity contribution in [2.75, 3.05) is 13.4 Å². The van der Waals surface area contributed by atoms with Gasteiger partial charge in [0.05, 0.1) is 22.8 Å². The average molecular weight is 287 g/mol. The van der Waals surface area contributed by atoms with E-state index in [1.54, 1.807) is 18.2 Å². The quantitative estimate of drug-likeness (QED) is 0.814. The second-order valence-electron chi connectivity index (χ2n) is 3.70. The van der Waals surface area contributed by atoms with E-state index in [0.29, 0.717) is 26.6 Å². The highest BCUT2D eigenvalue weighted by atomic mass is 35.5. The summed E-state index contributed by atoms with van der Waals surface area (Å²) in [6.45, 7) is 0. The molecule has 0 aliphatic heterocycles. The average Bonchev–Trinajstić information content (AvgIpc) is 2.65. The first-order valence-electron chi connectivity index (χ1n) is 5.14. The van der Waals surface area contributed by atoms with Crippen LogP contribution in [0.1, 0.15) is 5.76 Å². The zero-order chi connectivity index (χ0) is 13.3. The maximum Gasteiger partial charge on any atom is 0.313 e. The van der Waals surface area contributed by atoms with Gasteiger partial charge in [0.25, 0.3) is 0 Å². The van der Waals surface area contributed by atoms with Crippen molar-refractivity contribution in [2.24, 2.45) is 0 Å². The number of carbonyl (C=O) groups is 1. The van der Waals surface area contributed by atoms with Gasteiger partial charge in [-0.15, -0.1) is 0 Å². The number of furan rings is 1. The highest BCUT2D eigenvalue weighted by Crippen LogP contribution is 2.31. The Morgan fingerprint density at radius 3 is 2.83 bits per heavy atom. The number of methoxy groups -OCH3 is 1. The van der Waals surface area contributed by atoms with Crippen molar-refractivity contribution in [1.82, 2.24) is 0 Å². The van der Waals surface area contributed by atoms with Gasteiger partial charge in [-0.2, -0.15) is 0 Å². The van der Waals surface area contributed by atoms with E-state index < -0.39 is 16.8 Å². The lowest BCUT2D eigenvalue weighted by molar-refractivity contribution is -0.140. The number of halogens is 1. The predicted molar refractivity (Wildman–Crippen MR) is 69.3 cm³/mol. The summed E-state index contributed by atoms with van der Waals surface area (Å²) in [7, 11) is 0.0253. The molecule has 0 aliphatic rings. The molecule has 96 valence electrons. The zero-order valence-corrected chi connectivity index (χ0v) is 11.4.